The van der Waals surface area contributed by atoms with Crippen molar-refractivity contribution in [3.8, 4) is 11.5 Å². The molecule has 0 spiro atoms. The molecule has 4 nitrogen and oxygen atoms in total. The summed E-state index contributed by atoms with van der Waals surface area (Å²) in [5.74, 6) is 1.52. The summed E-state index contributed by atoms with van der Waals surface area (Å²) in [6.45, 7) is 3.16. The Morgan fingerprint density at radius 1 is 1.24 bits per heavy atom. The minimum Gasteiger partial charge on any atom is -0.486 e. The number of carbonyl (C=O) groups excluding carboxylic acids is 1. The number of carbonyl (C=O) groups is 1. The van der Waals surface area contributed by atoms with Crippen LogP contribution in [-0.2, 0) is 0 Å². The van der Waals surface area contributed by atoms with Gasteiger partial charge in [-0.2, -0.15) is 0 Å². The van der Waals surface area contributed by atoms with E-state index in [1.165, 1.54) is 19.3 Å². The highest BCUT2D eigenvalue weighted by molar-refractivity contribution is 6.32. The zero-order valence-electron chi connectivity index (χ0n) is 12.2. The van der Waals surface area contributed by atoms with Crippen molar-refractivity contribution in [3.63, 3.8) is 0 Å². The van der Waals surface area contributed by atoms with E-state index in [4.69, 9.17) is 21.1 Å². The highest BCUT2D eigenvalue weighted by atomic mass is 35.5. The molecule has 1 aromatic rings. The number of amides is 1. The third-order valence-electron chi connectivity index (χ3n) is 4.29. The SMILES string of the molecule is C[C@H]1CCCC[C@H]1NC(=O)c1cc(Cl)c2c(c1)OCCO2. The third-order valence-corrected chi connectivity index (χ3v) is 4.57. The van der Waals surface area contributed by atoms with Crippen LogP contribution in [0, 0.1) is 5.92 Å². The van der Waals surface area contributed by atoms with E-state index in [1.54, 1.807) is 12.1 Å². The summed E-state index contributed by atoms with van der Waals surface area (Å²) < 4.78 is 11.0. The topological polar surface area (TPSA) is 47.6 Å². The normalized spacial score (nSPS) is 24.5. The second kappa shape index (κ2) is 6.14. The highest BCUT2D eigenvalue weighted by Crippen LogP contribution is 2.38. The number of hydrogen-bond acceptors (Lipinski definition) is 3. The van der Waals surface area contributed by atoms with Crippen LogP contribution in [0.15, 0.2) is 12.1 Å². The maximum atomic E-state index is 12.4. The Kier molecular flexibility index (Phi) is 4.24. The molecule has 0 unspecified atom stereocenters. The van der Waals surface area contributed by atoms with E-state index < -0.39 is 0 Å². The van der Waals surface area contributed by atoms with Crippen LogP contribution in [0.2, 0.25) is 5.02 Å². The van der Waals surface area contributed by atoms with Gasteiger partial charge in [0.25, 0.3) is 5.91 Å². The molecule has 0 radical (unpaired) electrons. The van der Waals surface area contributed by atoms with Crippen LogP contribution >= 0.6 is 11.6 Å². The maximum Gasteiger partial charge on any atom is 0.251 e. The molecule has 0 aromatic heterocycles. The molecule has 1 aromatic carbocycles. The zero-order chi connectivity index (χ0) is 14.8. The van der Waals surface area contributed by atoms with Gasteiger partial charge < -0.3 is 14.8 Å². The summed E-state index contributed by atoms with van der Waals surface area (Å²) in [6, 6.07) is 3.61. The van der Waals surface area contributed by atoms with E-state index in [0.717, 1.165) is 6.42 Å². The van der Waals surface area contributed by atoms with E-state index >= 15 is 0 Å². The van der Waals surface area contributed by atoms with Gasteiger partial charge in [0, 0.05) is 11.6 Å². The molecule has 21 heavy (non-hydrogen) atoms. The van der Waals surface area contributed by atoms with Crippen LogP contribution in [0.5, 0.6) is 11.5 Å². The fraction of sp³-hybridized carbons (Fsp3) is 0.562. The fourth-order valence-electron chi connectivity index (χ4n) is 3.02. The zero-order valence-corrected chi connectivity index (χ0v) is 12.9. The van der Waals surface area contributed by atoms with E-state index in [2.05, 4.69) is 12.2 Å². The summed E-state index contributed by atoms with van der Waals surface area (Å²) in [5, 5.41) is 3.55. The van der Waals surface area contributed by atoms with E-state index in [1.807, 2.05) is 0 Å². The Labute approximate surface area is 129 Å². The number of halogens is 1. The lowest BCUT2D eigenvalue weighted by molar-refractivity contribution is 0.0909. The van der Waals surface area contributed by atoms with Gasteiger partial charge in [0.1, 0.15) is 13.2 Å². The second-order valence-electron chi connectivity index (χ2n) is 5.82. The van der Waals surface area contributed by atoms with Crippen molar-refractivity contribution >= 4 is 17.5 Å². The summed E-state index contributed by atoms with van der Waals surface area (Å²) in [7, 11) is 0. The lowest BCUT2D eigenvalue weighted by atomic mass is 9.86. The number of hydrogen-bond donors (Lipinski definition) is 1. The average Bonchev–Trinajstić information content (AvgIpc) is 2.49. The van der Waals surface area contributed by atoms with Crippen LogP contribution in [0.4, 0.5) is 0 Å². The van der Waals surface area contributed by atoms with E-state index in [-0.39, 0.29) is 11.9 Å². The van der Waals surface area contributed by atoms with Gasteiger partial charge in [-0.3, -0.25) is 4.79 Å². The standard InChI is InChI=1S/C16H20ClNO3/c1-10-4-2-3-5-13(10)18-16(19)11-8-12(17)15-14(9-11)20-6-7-21-15/h8-10,13H,2-7H2,1H3,(H,18,19)/t10-,13+/m0/s1. The molecule has 1 amide bonds. The molecule has 114 valence electrons. The molecule has 0 bridgehead atoms. The molecular formula is C16H20ClNO3. The Bertz CT molecular complexity index is 547. The van der Waals surface area contributed by atoms with Gasteiger partial charge in [0.15, 0.2) is 11.5 Å². The van der Waals surface area contributed by atoms with Gasteiger partial charge in [0.05, 0.1) is 5.02 Å². The Hall–Kier alpha value is -1.42. The molecule has 3 rings (SSSR count). The number of fused-ring (bicyclic) bond motifs is 1. The first-order chi connectivity index (χ1) is 10.1. The molecule has 5 heteroatoms. The molecule has 1 N–H and O–H groups in total. The van der Waals surface area contributed by atoms with Crippen molar-refractivity contribution in [2.75, 3.05) is 13.2 Å². The summed E-state index contributed by atoms with van der Waals surface area (Å²) in [5.41, 5.74) is 0.530. The number of rotatable bonds is 2. The van der Waals surface area contributed by atoms with Crippen LogP contribution in [0.1, 0.15) is 43.0 Å². The molecule has 1 heterocycles. The monoisotopic (exact) mass is 309 g/mol. The first-order valence-electron chi connectivity index (χ1n) is 7.55. The van der Waals surface area contributed by atoms with Crippen molar-refractivity contribution in [1.82, 2.24) is 5.32 Å². The maximum absolute atomic E-state index is 12.4. The smallest absolute Gasteiger partial charge is 0.251 e. The van der Waals surface area contributed by atoms with Crippen molar-refractivity contribution < 1.29 is 14.3 Å². The molecule has 2 aliphatic rings. The minimum atomic E-state index is -0.0902. The Balaban J connectivity index is 1.76. The van der Waals surface area contributed by atoms with Gasteiger partial charge in [-0.15, -0.1) is 0 Å². The first kappa shape index (κ1) is 14.5. The quantitative estimate of drug-likeness (QED) is 0.910. The number of ether oxygens (including phenoxy) is 2. The largest absolute Gasteiger partial charge is 0.486 e. The molecule has 1 aliphatic carbocycles. The Morgan fingerprint density at radius 3 is 2.81 bits per heavy atom. The van der Waals surface area contributed by atoms with Crippen molar-refractivity contribution in [2.45, 2.75) is 38.6 Å². The predicted molar refractivity (Wildman–Crippen MR) is 81.3 cm³/mol. The third kappa shape index (κ3) is 3.10. The molecule has 1 fully saturated rings. The van der Waals surface area contributed by atoms with Gasteiger partial charge in [-0.05, 0) is 30.9 Å². The number of benzene rings is 1. The number of nitrogens with one attached hydrogen (secondary N) is 1. The van der Waals surface area contributed by atoms with Crippen LogP contribution in [-0.4, -0.2) is 25.2 Å². The molecular weight excluding hydrogens is 290 g/mol. The summed E-state index contributed by atoms with van der Waals surface area (Å²) in [6.07, 6.45) is 4.65. The van der Waals surface area contributed by atoms with E-state index in [9.17, 15) is 4.79 Å². The van der Waals surface area contributed by atoms with Gasteiger partial charge in [0.2, 0.25) is 0 Å². The van der Waals surface area contributed by atoms with Crippen molar-refractivity contribution in [3.05, 3.63) is 22.7 Å². The fourth-order valence-corrected chi connectivity index (χ4v) is 3.29. The van der Waals surface area contributed by atoms with Gasteiger partial charge in [-0.1, -0.05) is 31.4 Å². The first-order valence-corrected chi connectivity index (χ1v) is 7.93. The Morgan fingerprint density at radius 2 is 2.00 bits per heavy atom. The lowest BCUT2D eigenvalue weighted by Gasteiger charge is -2.29. The minimum absolute atomic E-state index is 0.0902. The van der Waals surface area contributed by atoms with Crippen molar-refractivity contribution in [1.29, 1.82) is 0 Å². The van der Waals surface area contributed by atoms with Gasteiger partial charge >= 0.3 is 0 Å². The summed E-state index contributed by atoms with van der Waals surface area (Å²) >= 11 is 6.18. The van der Waals surface area contributed by atoms with Crippen molar-refractivity contribution in [2.24, 2.45) is 5.92 Å². The molecule has 0 saturated heterocycles. The predicted octanol–water partition coefficient (Wildman–Crippen LogP) is 3.42. The average molecular weight is 310 g/mol. The lowest BCUT2D eigenvalue weighted by Crippen LogP contribution is -2.41. The molecule has 1 saturated carbocycles. The summed E-state index contributed by atoms with van der Waals surface area (Å²) in [4.78, 5) is 12.4. The molecule has 1 aliphatic heterocycles. The molecule has 2 atom stereocenters. The van der Waals surface area contributed by atoms with Gasteiger partial charge in [-0.25, -0.2) is 0 Å². The highest BCUT2D eigenvalue weighted by Gasteiger charge is 2.25. The van der Waals surface area contributed by atoms with Crippen LogP contribution in [0.3, 0.4) is 0 Å². The second-order valence-corrected chi connectivity index (χ2v) is 6.23. The van der Waals surface area contributed by atoms with Crippen LogP contribution < -0.4 is 14.8 Å². The van der Waals surface area contributed by atoms with Crippen LogP contribution in [0.25, 0.3) is 0 Å². The van der Waals surface area contributed by atoms with E-state index in [0.29, 0.717) is 41.2 Å².